The first-order valence-corrected chi connectivity index (χ1v) is 11.0. The van der Waals surface area contributed by atoms with Gasteiger partial charge in [0.15, 0.2) is 0 Å². The van der Waals surface area contributed by atoms with Gasteiger partial charge in [0.1, 0.15) is 0 Å². The molecule has 2 unspecified atom stereocenters. The number of hydrogen-bond donors (Lipinski definition) is 1. The van der Waals surface area contributed by atoms with Gasteiger partial charge in [0, 0.05) is 31.8 Å². The van der Waals surface area contributed by atoms with E-state index in [1.54, 1.807) is 41.6 Å². The van der Waals surface area contributed by atoms with E-state index in [4.69, 9.17) is 0 Å². The smallest absolute Gasteiger partial charge is 0.267 e. The zero-order valence-corrected chi connectivity index (χ0v) is 18.3. The molecule has 1 fully saturated rings. The molecule has 1 N–H and O–H groups in total. The Hall–Kier alpha value is -4.00. The van der Waals surface area contributed by atoms with Crippen LogP contribution < -0.4 is 10.2 Å². The molecule has 7 heteroatoms. The lowest BCUT2D eigenvalue weighted by Gasteiger charge is -2.49. The standard InChI is InChI=1S/C26H24N4O3/c1-18(20-12-15-27-16-13-20)28-25(33)26-14-11-23(31)30(26)22-10-6-5-9-21(22)24(32)29(26)17-19-7-3-2-4-8-19/h2-10,12-13,15-16,18H,11,14,17H2,1H3,(H,28,33). The number of para-hydroxylation sites is 1. The largest absolute Gasteiger partial charge is 0.346 e. The summed E-state index contributed by atoms with van der Waals surface area (Å²) in [4.78, 5) is 48.0. The summed E-state index contributed by atoms with van der Waals surface area (Å²) < 4.78 is 0. The van der Waals surface area contributed by atoms with Crippen LogP contribution in [-0.2, 0) is 16.1 Å². The molecule has 0 spiro atoms. The van der Waals surface area contributed by atoms with Gasteiger partial charge in [-0.2, -0.15) is 0 Å². The van der Waals surface area contributed by atoms with E-state index in [1.165, 1.54) is 4.90 Å². The number of pyridine rings is 1. The molecule has 3 amide bonds. The fourth-order valence-corrected chi connectivity index (χ4v) is 4.82. The number of nitrogens with one attached hydrogen (secondary N) is 1. The van der Waals surface area contributed by atoms with Crippen LogP contribution in [0.25, 0.3) is 0 Å². The van der Waals surface area contributed by atoms with Crippen LogP contribution in [0.5, 0.6) is 0 Å². The number of fused-ring (bicyclic) bond motifs is 3. The zero-order valence-electron chi connectivity index (χ0n) is 18.3. The van der Waals surface area contributed by atoms with Crippen molar-refractivity contribution < 1.29 is 14.4 Å². The van der Waals surface area contributed by atoms with E-state index >= 15 is 0 Å². The van der Waals surface area contributed by atoms with Gasteiger partial charge in [0.2, 0.25) is 11.6 Å². The Kier molecular flexibility index (Phi) is 5.17. The lowest BCUT2D eigenvalue weighted by Crippen LogP contribution is -2.70. The average Bonchev–Trinajstić information content (AvgIpc) is 3.21. The summed E-state index contributed by atoms with van der Waals surface area (Å²) in [6.45, 7) is 2.10. The van der Waals surface area contributed by atoms with Crippen LogP contribution in [0, 0.1) is 0 Å². The Bertz CT molecular complexity index is 1210. The highest BCUT2D eigenvalue weighted by Gasteiger charge is 2.60. The van der Waals surface area contributed by atoms with Crippen LogP contribution in [0.1, 0.15) is 47.3 Å². The van der Waals surface area contributed by atoms with Gasteiger partial charge >= 0.3 is 0 Å². The molecule has 0 saturated carbocycles. The summed E-state index contributed by atoms with van der Waals surface area (Å²) in [5, 5.41) is 3.06. The van der Waals surface area contributed by atoms with Crippen molar-refractivity contribution >= 4 is 23.4 Å². The maximum atomic E-state index is 14.0. The van der Waals surface area contributed by atoms with Crippen LogP contribution in [0.15, 0.2) is 79.1 Å². The lowest BCUT2D eigenvalue weighted by molar-refractivity contribution is -0.134. The van der Waals surface area contributed by atoms with Crippen molar-refractivity contribution in [1.82, 2.24) is 15.2 Å². The summed E-state index contributed by atoms with van der Waals surface area (Å²) in [6, 6.07) is 19.9. The average molecular weight is 441 g/mol. The minimum Gasteiger partial charge on any atom is -0.346 e. The number of rotatable bonds is 5. The van der Waals surface area contributed by atoms with E-state index in [1.807, 2.05) is 49.4 Å². The molecule has 7 nitrogen and oxygen atoms in total. The Labute approximate surface area is 192 Å². The van der Waals surface area contributed by atoms with Crippen molar-refractivity contribution in [2.45, 2.75) is 38.0 Å². The van der Waals surface area contributed by atoms with Gasteiger partial charge in [-0.3, -0.25) is 24.3 Å². The number of carbonyl (C=O) groups excluding carboxylic acids is 3. The maximum Gasteiger partial charge on any atom is 0.267 e. The highest BCUT2D eigenvalue weighted by Crippen LogP contribution is 2.45. The molecule has 33 heavy (non-hydrogen) atoms. The molecule has 5 rings (SSSR count). The Morgan fingerprint density at radius 1 is 1.03 bits per heavy atom. The van der Waals surface area contributed by atoms with Crippen molar-refractivity contribution in [2.24, 2.45) is 0 Å². The van der Waals surface area contributed by atoms with Crippen LogP contribution in [0.4, 0.5) is 5.69 Å². The van der Waals surface area contributed by atoms with Crippen LogP contribution in [0.2, 0.25) is 0 Å². The summed E-state index contributed by atoms with van der Waals surface area (Å²) in [5.74, 6) is -0.789. The summed E-state index contributed by atoms with van der Waals surface area (Å²) in [5.41, 5.74) is 1.26. The first-order chi connectivity index (χ1) is 16.0. The van der Waals surface area contributed by atoms with Crippen molar-refractivity contribution in [3.63, 3.8) is 0 Å². The fourth-order valence-electron chi connectivity index (χ4n) is 4.82. The molecule has 1 aromatic heterocycles. The van der Waals surface area contributed by atoms with Gasteiger partial charge in [-0.1, -0.05) is 42.5 Å². The molecular weight excluding hydrogens is 416 g/mol. The Morgan fingerprint density at radius 2 is 1.73 bits per heavy atom. The number of benzene rings is 2. The normalized spacial score (nSPS) is 20.3. The number of amides is 3. The summed E-state index contributed by atoms with van der Waals surface area (Å²) >= 11 is 0. The third kappa shape index (κ3) is 3.36. The van der Waals surface area contributed by atoms with E-state index in [0.29, 0.717) is 11.3 Å². The summed E-state index contributed by atoms with van der Waals surface area (Å²) in [6.07, 6.45) is 3.76. The second-order valence-electron chi connectivity index (χ2n) is 8.42. The van der Waals surface area contributed by atoms with Crippen molar-refractivity contribution in [3.05, 3.63) is 95.8 Å². The van der Waals surface area contributed by atoms with E-state index in [2.05, 4.69) is 10.3 Å². The SMILES string of the molecule is CC(NC(=O)C12CCC(=O)N1c1ccccc1C(=O)N2Cc1ccccc1)c1ccncc1. The molecule has 1 saturated heterocycles. The summed E-state index contributed by atoms with van der Waals surface area (Å²) in [7, 11) is 0. The number of anilines is 1. The third-order valence-electron chi connectivity index (χ3n) is 6.47. The third-order valence-corrected chi connectivity index (χ3v) is 6.47. The van der Waals surface area contributed by atoms with Crippen LogP contribution in [0.3, 0.4) is 0 Å². The van der Waals surface area contributed by atoms with Gasteiger partial charge in [-0.25, -0.2) is 0 Å². The van der Waals surface area contributed by atoms with Crippen molar-refractivity contribution in [3.8, 4) is 0 Å². The minimum atomic E-state index is -1.43. The molecule has 2 aliphatic heterocycles. The molecule has 2 aromatic carbocycles. The fraction of sp³-hybridized carbons (Fsp3) is 0.231. The number of carbonyl (C=O) groups is 3. The molecule has 166 valence electrons. The quantitative estimate of drug-likeness (QED) is 0.659. The van der Waals surface area contributed by atoms with Gasteiger partial charge < -0.3 is 10.2 Å². The van der Waals surface area contributed by atoms with Crippen molar-refractivity contribution in [1.29, 1.82) is 0 Å². The minimum absolute atomic E-state index is 0.167. The second-order valence-corrected chi connectivity index (χ2v) is 8.42. The topological polar surface area (TPSA) is 82.6 Å². The van der Waals surface area contributed by atoms with Gasteiger partial charge in [0.05, 0.1) is 17.3 Å². The molecular formula is C26H24N4O3. The molecule has 0 radical (unpaired) electrons. The predicted molar refractivity (Wildman–Crippen MR) is 123 cm³/mol. The highest BCUT2D eigenvalue weighted by atomic mass is 16.2. The lowest BCUT2D eigenvalue weighted by atomic mass is 9.94. The van der Waals surface area contributed by atoms with Gasteiger partial charge in [-0.15, -0.1) is 0 Å². The molecule has 3 heterocycles. The Morgan fingerprint density at radius 3 is 2.48 bits per heavy atom. The van der Waals surface area contributed by atoms with E-state index < -0.39 is 5.66 Å². The first kappa shape index (κ1) is 20.9. The molecule has 0 aliphatic carbocycles. The molecule has 2 atom stereocenters. The van der Waals surface area contributed by atoms with Crippen LogP contribution >= 0.6 is 0 Å². The van der Waals surface area contributed by atoms with E-state index in [-0.39, 0.29) is 43.1 Å². The van der Waals surface area contributed by atoms with Crippen molar-refractivity contribution in [2.75, 3.05) is 4.90 Å². The van der Waals surface area contributed by atoms with E-state index in [0.717, 1.165) is 11.1 Å². The zero-order chi connectivity index (χ0) is 23.0. The molecule has 3 aromatic rings. The maximum absolute atomic E-state index is 14.0. The van der Waals surface area contributed by atoms with Gasteiger partial charge in [0.25, 0.3) is 11.8 Å². The highest BCUT2D eigenvalue weighted by molar-refractivity contribution is 6.16. The predicted octanol–water partition coefficient (Wildman–Crippen LogP) is 3.44. The number of nitrogens with zero attached hydrogens (tertiary/aromatic N) is 3. The first-order valence-electron chi connectivity index (χ1n) is 11.0. The molecule has 0 bridgehead atoms. The van der Waals surface area contributed by atoms with E-state index in [9.17, 15) is 14.4 Å². The molecule has 2 aliphatic rings. The monoisotopic (exact) mass is 440 g/mol. The van der Waals surface area contributed by atoms with Crippen LogP contribution in [-0.4, -0.2) is 33.3 Å². The number of aromatic nitrogens is 1. The Balaban J connectivity index is 1.61. The van der Waals surface area contributed by atoms with Gasteiger partial charge in [-0.05, 0) is 42.3 Å². The number of hydrogen-bond acceptors (Lipinski definition) is 4. The second kappa shape index (κ2) is 8.16.